The van der Waals surface area contributed by atoms with Gasteiger partial charge in [-0.1, -0.05) is 37.6 Å². The van der Waals surface area contributed by atoms with Crippen LogP contribution in [0.4, 0.5) is 0 Å². The Morgan fingerprint density at radius 3 is 2.54 bits per heavy atom. The molecular formula is C19H33N3O2. The van der Waals surface area contributed by atoms with E-state index < -0.39 is 0 Å². The first-order chi connectivity index (χ1) is 11.7. The molecule has 0 aliphatic carbocycles. The van der Waals surface area contributed by atoms with Gasteiger partial charge in [-0.15, -0.1) is 0 Å². The van der Waals surface area contributed by atoms with Crippen molar-refractivity contribution in [2.24, 2.45) is 10.9 Å². The summed E-state index contributed by atoms with van der Waals surface area (Å²) in [4.78, 5) is 4.70. The number of ether oxygens (including phenoxy) is 1. The van der Waals surface area contributed by atoms with Crippen molar-refractivity contribution in [2.75, 3.05) is 26.8 Å². The first kappa shape index (κ1) is 20.5. The molecule has 136 valence electrons. The zero-order valence-electron chi connectivity index (χ0n) is 15.3. The SMILES string of the molecule is CCCC(CCO)CNC(=NCc1ccccc1COC)NCC. The second-order valence-electron chi connectivity index (χ2n) is 5.94. The Bertz CT molecular complexity index is 471. The third-order valence-corrected chi connectivity index (χ3v) is 3.96. The van der Waals surface area contributed by atoms with Crippen LogP contribution >= 0.6 is 0 Å². The van der Waals surface area contributed by atoms with E-state index in [1.165, 1.54) is 11.1 Å². The van der Waals surface area contributed by atoms with Gasteiger partial charge in [0.05, 0.1) is 13.2 Å². The van der Waals surface area contributed by atoms with Gasteiger partial charge in [0.25, 0.3) is 0 Å². The molecule has 1 aromatic rings. The van der Waals surface area contributed by atoms with Crippen LogP contribution < -0.4 is 10.6 Å². The lowest BCUT2D eigenvalue weighted by Crippen LogP contribution is -2.40. The summed E-state index contributed by atoms with van der Waals surface area (Å²) in [5.74, 6) is 1.30. The molecule has 1 aromatic carbocycles. The summed E-state index contributed by atoms with van der Waals surface area (Å²) >= 11 is 0. The van der Waals surface area contributed by atoms with Gasteiger partial charge in [-0.05, 0) is 36.8 Å². The van der Waals surface area contributed by atoms with Crippen LogP contribution in [0.2, 0.25) is 0 Å². The van der Waals surface area contributed by atoms with Crippen molar-refractivity contribution in [3.63, 3.8) is 0 Å². The molecule has 1 atom stereocenters. The van der Waals surface area contributed by atoms with Gasteiger partial charge in [-0.2, -0.15) is 0 Å². The van der Waals surface area contributed by atoms with Crippen LogP contribution in [0.1, 0.15) is 44.2 Å². The van der Waals surface area contributed by atoms with E-state index in [1.807, 2.05) is 12.1 Å². The molecule has 0 aliphatic rings. The lowest BCUT2D eigenvalue weighted by molar-refractivity contribution is 0.184. The molecule has 5 heteroatoms. The smallest absolute Gasteiger partial charge is 0.191 e. The molecule has 0 heterocycles. The van der Waals surface area contributed by atoms with Crippen molar-refractivity contribution < 1.29 is 9.84 Å². The standard InChI is InChI=1S/C19H33N3O2/c1-4-8-16(11-12-23)13-21-19(20-5-2)22-14-17-9-6-7-10-18(17)15-24-3/h6-7,9-10,16,23H,4-5,8,11-15H2,1-3H3,(H2,20,21,22). The molecular weight excluding hydrogens is 302 g/mol. The number of rotatable bonds is 11. The topological polar surface area (TPSA) is 65.9 Å². The molecule has 3 N–H and O–H groups in total. The van der Waals surface area contributed by atoms with Gasteiger partial charge in [0.15, 0.2) is 5.96 Å². The normalized spacial score (nSPS) is 12.9. The fourth-order valence-electron chi connectivity index (χ4n) is 2.69. The maximum atomic E-state index is 9.18. The minimum atomic E-state index is 0.240. The van der Waals surface area contributed by atoms with Crippen molar-refractivity contribution >= 4 is 5.96 Å². The van der Waals surface area contributed by atoms with E-state index in [9.17, 15) is 5.11 Å². The molecule has 0 aromatic heterocycles. The number of nitrogens with one attached hydrogen (secondary N) is 2. The average molecular weight is 335 g/mol. The van der Waals surface area contributed by atoms with E-state index >= 15 is 0 Å². The van der Waals surface area contributed by atoms with Crippen LogP contribution in [0.5, 0.6) is 0 Å². The average Bonchev–Trinajstić information content (AvgIpc) is 2.59. The van der Waals surface area contributed by atoms with Gasteiger partial charge < -0.3 is 20.5 Å². The second-order valence-corrected chi connectivity index (χ2v) is 5.94. The van der Waals surface area contributed by atoms with Crippen LogP contribution in [-0.4, -0.2) is 37.9 Å². The number of hydrogen-bond donors (Lipinski definition) is 3. The van der Waals surface area contributed by atoms with Crippen molar-refractivity contribution in [1.29, 1.82) is 0 Å². The predicted octanol–water partition coefficient (Wildman–Crippen LogP) is 2.69. The Hall–Kier alpha value is -1.59. The minimum Gasteiger partial charge on any atom is -0.396 e. The summed E-state index contributed by atoms with van der Waals surface area (Å²) in [6.45, 7) is 7.36. The van der Waals surface area contributed by atoms with Gasteiger partial charge in [0.1, 0.15) is 0 Å². The highest BCUT2D eigenvalue weighted by Gasteiger charge is 2.08. The van der Waals surface area contributed by atoms with Crippen LogP contribution in [0.15, 0.2) is 29.3 Å². The Morgan fingerprint density at radius 1 is 1.17 bits per heavy atom. The number of aliphatic hydroxyl groups excluding tert-OH is 1. The predicted molar refractivity (Wildman–Crippen MR) is 100 cm³/mol. The van der Waals surface area contributed by atoms with Crippen LogP contribution in [-0.2, 0) is 17.9 Å². The monoisotopic (exact) mass is 335 g/mol. The van der Waals surface area contributed by atoms with Crippen LogP contribution in [0.3, 0.4) is 0 Å². The number of nitrogens with zero attached hydrogens (tertiary/aromatic N) is 1. The number of methoxy groups -OCH3 is 1. The quantitative estimate of drug-likeness (QED) is 0.430. The van der Waals surface area contributed by atoms with E-state index in [2.05, 4.69) is 36.6 Å². The van der Waals surface area contributed by atoms with Gasteiger partial charge in [-0.3, -0.25) is 0 Å². The summed E-state index contributed by atoms with van der Waals surface area (Å²) in [6.07, 6.45) is 3.07. The maximum absolute atomic E-state index is 9.18. The molecule has 0 spiro atoms. The Kier molecular flexibility index (Phi) is 10.9. The van der Waals surface area contributed by atoms with Crippen molar-refractivity contribution in [3.05, 3.63) is 35.4 Å². The van der Waals surface area contributed by atoms with E-state index in [0.717, 1.165) is 38.3 Å². The number of guanidine groups is 1. The number of benzene rings is 1. The molecule has 5 nitrogen and oxygen atoms in total. The molecule has 0 amide bonds. The van der Waals surface area contributed by atoms with Crippen molar-refractivity contribution in [1.82, 2.24) is 10.6 Å². The molecule has 0 bridgehead atoms. The number of aliphatic imine (C=N–C) groups is 1. The number of aliphatic hydroxyl groups is 1. The summed E-state index contributed by atoms with van der Waals surface area (Å²) in [7, 11) is 1.71. The molecule has 0 fully saturated rings. The Morgan fingerprint density at radius 2 is 1.92 bits per heavy atom. The fourth-order valence-corrected chi connectivity index (χ4v) is 2.69. The molecule has 0 saturated heterocycles. The lowest BCUT2D eigenvalue weighted by atomic mass is 10.0. The molecule has 1 unspecified atom stereocenters. The van der Waals surface area contributed by atoms with E-state index in [1.54, 1.807) is 7.11 Å². The van der Waals surface area contributed by atoms with Crippen LogP contribution in [0.25, 0.3) is 0 Å². The van der Waals surface area contributed by atoms with Crippen molar-refractivity contribution in [3.8, 4) is 0 Å². The number of hydrogen-bond acceptors (Lipinski definition) is 3. The zero-order valence-corrected chi connectivity index (χ0v) is 15.3. The molecule has 1 rings (SSSR count). The summed E-state index contributed by atoms with van der Waals surface area (Å²) in [5, 5.41) is 15.9. The molecule has 24 heavy (non-hydrogen) atoms. The highest BCUT2D eigenvalue weighted by atomic mass is 16.5. The minimum absolute atomic E-state index is 0.240. The zero-order chi connectivity index (χ0) is 17.6. The highest BCUT2D eigenvalue weighted by Crippen LogP contribution is 2.12. The summed E-state index contributed by atoms with van der Waals surface area (Å²) in [6, 6.07) is 8.22. The van der Waals surface area contributed by atoms with Gasteiger partial charge in [0, 0.05) is 26.8 Å². The Labute approximate surface area is 146 Å². The van der Waals surface area contributed by atoms with Crippen molar-refractivity contribution in [2.45, 2.75) is 46.3 Å². The highest BCUT2D eigenvalue weighted by molar-refractivity contribution is 5.79. The largest absolute Gasteiger partial charge is 0.396 e. The van der Waals surface area contributed by atoms with Gasteiger partial charge in [-0.25, -0.2) is 4.99 Å². The summed E-state index contributed by atoms with van der Waals surface area (Å²) < 4.78 is 5.25. The Balaban J connectivity index is 2.68. The summed E-state index contributed by atoms with van der Waals surface area (Å²) in [5.41, 5.74) is 2.35. The molecule has 0 radical (unpaired) electrons. The van der Waals surface area contributed by atoms with E-state index in [4.69, 9.17) is 9.73 Å². The molecule has 0 saturated carbocycles. The van der Waals surface area contributed by atoms with Crippen LogP contribution in [0, 0.1) is 5.92 Å². The van der Waals surface area contributed by atoms with Gasteiger partial charge >= 0.3 is 0 Å². The first-order valence-corrected chi connectivity index (χ1v) is 8.93. The van der Waals surface area contributed by atoms with E-state index in [-0.39, 0.29) is 6.61 Å². The van der Waals surface area contributed by atoms with E-state index in [0.29, 0.717) is 19.1 Å². The first-order valence-electron chi connectivity index (χ1n) is 8.93. The maximum Gasteiger partial charge on any atom is 0.191 e. The molecule has 0 aliphatic heterocycles. The fraction of sp³-hybridized carbons (Fsp3) is 0.632. The third kappa shape index (κ3) is 7.79. The van der Waals surface area contributed by atoms with Gasteiger partial charge in [0.2, 0.25) is 0 Å². The third-order valence-electron chi connectivity index (χ3n) is 3.96. The lowest BCUT2D eigenvalue weighted by Gasteiger charge is -2.18. The second kappa shape index (κ2) is 12.8.